The van der Waals surface area contributed by atoms with Crippen molar-refractivity contribution in [1.82, 2.24) is 10.6 Å². The molecular formula is C14H20N2OS2. The van der Waals surface area contributed by atoms with E-state index < -0.39 is 0 Å². The molecule has 2 aliphatic rings. The summed E-state index contributed by atoms with van der Waals surface area (Å²) in [6, 6.07) is 0. The number of Topliss-reactive ketones (excluding diaryl/α,β-unsaturated/α-hetero) is 1. The lowest BCUT2D eigenvalue weighted by Gasteiger charge is -2.30. The fourth-order valence-corrected chi connectivity index (χ4v) is 5.21. The Balaban J connectivity index is 2.09. The minimum absolute atomic E-state index is 0.0915. The molecule has 1 aromatic rings. The Hall–Kier alpha value is -0.360. The van der Waals surface area contributed by atoms with Gasteiger partial charge in [-0.1, -0.05) is 13.8 Å². The Bertz CT molecular complexity index is 516. The van der Waals surface area contributed by atoms with Crippen LogP contribution in [0.1, 0.15) is 47.2 Å². The van der Waals surface area contributed by atoms with Crippen LogP contribution in [0, 0.1) is 5.41 Å². The van der Waals surface area contributed by atoms with E-state index in [1.54, 1.807) is 23.1 Å². The summed E-state index contributed by atoms with van der Waals surface area (Å²) in [4.78, 5) is 13.8. The van der Waals surface area contributed by atoms with E-state index in [1.807, 2.05) is 0 Å². The number of nitrogens with one attached hydrogen (secondary N) is 2. The second kappa shape index (κ2) is 4.88. The molecule has 0 saturated carbocycles. The molecule has 1 aliphatic heterocycles. The van der Waals surface area contributed by atoms with Gasteiger partial charge in [-0.05, 0) is 23.7 Å². The topological polar surface area (TPSA) is 41.1 Å². The number of ketones is 1. The maximum absolute atomic E-state index is 12.5. The molecule has 19 heavy (non-hydrogen) atoms. The summed E-state index contributed by atoms with van der Waals surface area (Å²) in [5.74, 6) is 0.330. The lowest BCUT2D eigenvalue weighted by atomic mass is 9.74. The largest absolute Gasteiger partial charge is 0.296 e. The molecule has 0 aromatic carbocycles. The fraction of sp³-hybridized carbons (Fsp3) is 0.643. The summed E-state index contributed by atoms with van der Waals surface area (Å²) in [6.45, 7) is 6.40. The lowest BCUT2D eigenvalue weighted by molar-refractivity contribution is 0.0909. The molecule has 1 aliphatic carbocycles. The zero-order valence-corrected chi connectivity index (χ0v) is 13.3. The van der Waals surface area contributed by atoms with E-state index in [2.05, 4.69) is 30.7 Å². The predicted molar refractivity (Wildman–Crippen MR) is 81.3 cm³/mol. The molecule has 2 N–H and O–H groups in total. The summed E-state index contributed by atoms with van der Waals surface area (Å²) >= 11 is 3.50. The quantitative estimate of drug-likeness (QED) is 0.824. The average Bonchev–Trinajstić information content (AvgIpc) is 2.93. The number of rotatable bonds is 2. The molecule has 2 heterocycles. The molecule has 0 amide bonds. The second-order valence-corrected chi connectivity index (χ2v) is 8.22. The van der Waals surface area contributed by atoms with Crippen molar-refractivity contribution in [3.8, 4) is 0 Å². The first kappa shape index (κ1) is 13.6. The predicted octanol–water partition coefficient (Wildman–Crippen LogP) is 2.82. The molecule has 1 saturated heterocycles. The number of carbonyl (C=O) groups is 1. The van der Waals surface area contributed by atoms with Crippen LogP contribution in [-0.4, -0.2) is 25.1 Å². The minimum Gasteiger partial charge on any atom is -0.296 e. The Labute approximate surface area is 122 Å². The van der Waals surface area contributed by atoms with Gasteiger partial charge in [0.2, 0.25) is 0 Å². The van der Waals surface area contributed by atoms with Crippen LogP contribution in [0.5, 0.6) is 0 Å². The van der Waals surface area contributed by atoms with Crippen LogP contribution in [0.2, 0.25) is 0 Å². The van der Waals surface area contributed by atoms with Crippen LogP contribution in [0.4, 0.5) is 0 Å². The van der Waals surface area contributed by atoms with Crippen LogP contribution in [0.3, 0.4) is 0 Å². The smallest absolute Gasteiger partial charge is 0.165 e. The molecule has 0 atom stereocenters. The minimum atomic E-state index is 0.0915. The van der Waals surface area contributed by atoms with Crippen molar-refractivity contribution < 1.29 is 4.79 Å². The summed E-state index contributed by atoms with van der Waals surface area (Å²) in [5, 5.41) is 6.96. The van der Waals surface area contributed by atoms with E-state index >= 15 is 0 Å². The third kappa shape index (κ3) is 2.37. The normalized spacial score (nSPS) is 22.8. The van der Waals surface area contributed by atoms with Crippen molar-refractivity contribution >= 4 is 28.9 Å². The molecule has 1 aromatic heterocycles. The molecule has 3 rings (SSSR count). The van der Waals surface area contributed by atoms with Gasteiger partial charge < -0.3 is 0 Å². The highest BCUT2D eigenvalue weighted by Crippen LogP contribution is 2.46. The third-order valence-electron chi connectivity index (χ3n) is 3.85. The van der Waals surface area contributed by atoms with E-state index in [0.717, 1.165) is 25.1 Å². The zero-order chi connectivity index (χ0) is 13.6. The molecule has 104 valence electrons. The van der Waals surface area contributed by atoms with Crippen molar-refractivity contribution in [3.63, 3.8) is 0 Å². The highest BCUT2D eigenvalue weighted by molar-refractivity contribution is 8.00. The van der Waals surface area contributed by atoms with Crippen LogP contribution < -0.4 is 10.6 Å². The number of thiophene rings is 1. The van der Waals surface area contributed by atoms with Crippen LogP contribution in [0.25, 0.3) is 0 Å². The molecular weight excluding hydrogens is 276 g/mol. The number of hydrogen-bond donors (Lipinski definition) is 2. The number of fused-ring (bicyclic) bond motifs is 1. The first-order valence-electron chi connectivity index (χ1n) is 6.71. The third-order valence-corrected chi connectivity index (χ3v) is 6.27. The maximum atomic E-state index is 12.5. The fourth-order valence-electron chi connectivity index (χ4n) is 3.05. The average molecular weight is 296 g/mol. The van der Waals surface area contributed by atoms with Crippen molar-refractivity contribution in [2.75, 3.05) is 19.3 Å². The van der Waals surface area contributed by atoms with Gasteiger partial charge in [-0.2, -0.15) is 0 Å². The molecule has 0 spiro atoms. The van der Waals surface area contributed by atoms with E-state index in [9.17, 15) is 4.79 Å². The molecule has 5 heteroatoms. The highest BCUT2D eigenvalue weighted by Gasteiger charge is 2.37. The SMILES string of the molecule is CSc1sc(C2NCCN2)c2c1C(=O)CC(C)(C)C2. The highest BCUT2D eigenvalue weighted by atomic mass is 32.2. The van der Waals surface area contributed by atoms with Crippen LogP contribution in [0.15, 0.2) is 4.21 Å². The van der Waals surface area contributed by atoms with E-state index in [1.165, 1.54) is 14.6 Å². The molecule has 1 fully saturated rings. The lowest BCUT2D eigenvalue weighted by Crippen LogP contribution is -2.29. The molecule has 0 unspecified atom stereocenters. The first-order chi connectivity index (χ1) is 9.02. The molecule has 0 radical (unpaired) electrons. The summed E-state index contributed by atoms with van der Waals surface area (Å²) in [7, 11) is 0. The van der Waals surface area contributed by atoms with Gasteiger partial charge in [-0.25, -0.2) is 0 Å². The monoisotopic (exact) mass is 296 g/mol. The number of carbonyl (C=O) groups excluding carboxylic acids is 1. The van der Waals surface area contributed by atoms with Gasteiger partial charge in [0, 0.05) is 30.0 Å². The van der Waals surface area contributed by atoms with Crippen molar-refractivity contribution in [2.45, 2.75) is 37.1 Å². The van der Waals surface area contributed by atoms with Gasteiger partial charge >= 0.3 is 0 Å². The van der Waals surface area contributed by atoms with Crippen LogP contribution >= 0.6 is 23.1 Å². The number of thioether (sulfide) groups is 1. The Morgan fingerprint density at radius 3 is 2.58 bits per heavy atom. The van der Waals surface area contributed by atoms with E-state index in [4.69, 9.17) is 0 Å². The number of hydrogen-bond acceptors (Lipinski definition) is 5. The van der Waals surface area contributed by atoms with Gasteiger partial charge in [0.25, 0.3) is 0 Å². The van der Waals surface area contributed by atoms with Crippen molar-refractivity contribution in [1.29, 1.82) is 0 Å². The van der Waals surface area contributed by atoms with Gasteiger partial charge in [-0.15, -0.1) is 23.1 Å². The van der Waals surface area contributed by atoms with Crippen molar-refractivity contribution in [3.05, 3.63) is 16.0 Å². The summed E-state index contributed by atoms with van der Waals surface area (Å²) < 4.78 is 1.20. The van der Waals surface area contributed by atoms with Gasteiger partial charge in [0.05, 0.1) is 10.4 Å². The van der Waals surface area contributed by atoms with Gasteiger partial charge in [0.15, 0.2) is 5.78 Å². The molecule has 3 nitrogen and oxygen atoms in total. The van der Waals surface area contributed by atoms with Gasteiger partial charge in [0.1, 0.15) is 0 Å². The van der Waals surface area contributed by atoms with E-state index in [0.29, 0.717) is 12.2 Å². The van der Waals surface area contributed by atoms with E-state index in [-0.39, 0.29) is 11.6 Å². The summed E-state index contributed by atoms with van der Waals surface area (Å²) in [6.07, 6.45) is 4.00. The summed E-state index contributed by atoms with van der Waals surface area (Å²) in [5.41, 5.74) is 2.40. The first-order valence-corrected chi connectivity index (χ1v) is 8.75. The zero-order valence-electron chi connectivity index (χ0n) is 11.6. The van der Waals surface area contributed by atoms with Crippen molar-refractivity contribution in [2.24, 2.45) is 5.41 Å². The maximum Gasteiger partial charge on any atom is 0.165 e. The van der Waals surface area contributed by atoms with Gasteiger partial charge in [-0.3, -0.25) is 15.4 Å². The van der Waals surface area contributed by atoms with Crippen LogP contribution in [-0.2, 0) is 6.42 Å². The standard InChI is InChI=1S/C14H20N2OS2/c1-14(2)6-8-10(9(17)7-14)13(18-3)19-11(8)12-15-4-5-16-12/h12,15-16H,4-7H2,1-3H3. The second-order valence-electron chi connectivity index (χ2n) is 6.09. The Morgan fingerprint density at radius 2 is 1.95 bits per heavy atom. The molecule has 0 bridgehead atoms. The Kier molecular flexibility index (Phi) is 3.50. The Morgan fingerprint density at radius 1 is 1.26 bits per heavy atom.